The Morgan fingerprint density at radius 1 is 0.907 bits per heavy atom. The van der Waals surface area contributed by atoms with E-state index in [1.54, 1.807) is 41.6 Å². The average molecular weight is 587 g/mol. The van der Waals surface area contributed by atoms with Crippen LogP contribution in [-0.4, -0.2) is 101 Å². The molecule has 0 saturated carbocycles. The molecule has 11 heteroatoms. The number of carbonyl (C=O) groups excluding carboxylic acids is 3. The predicted molar refractivity (Wildman–Crippen MR) is 159 cm³/mol. The van der Waals surface area contributed by atoms with Crippen LogP contribution in [0.4, 0.5) is 0 Å². The Morgan fingerprint density at radius 3 is 2.47 bits per heavy atom. The zero-order valence-electron chi connectivity index (χ0n) is 24.8. The van der Waals surface area contributed by atoms with Crippen LogP contribution in [0.5, 0.6) is 11.6 Å². The van der Waals surface area contributed by atoms with Gasteiger partial charge < -0.3 is 24.2 Å². The number of methoxy groups -OCH3 is 1. The zero-order chi connectivity index (χ0) is 30.2. The van der Waals surface area contributed by atoms with Crippen molar-refractivity contribution in [1.82, 2.24) is 29.7 Å². The van der Waals surface area contributed by atoms with Crippen LogP contribution in [0.15, 0.2) is 61.2 Å². The molecule has 43 heavy (non-hydrogen) atoms. The molecule has 1 aromatic carbocycles. The fraction of sp³-hybridized carbons (Fsp3) is 0.438. The fourth-order valence-corrected chi connectivity index (χ4v) is 6.05. The highest BCUT2D eigenvalue weighted by Gasteiger charge is 2.38. The molecule has 0 N–H and O–H groups in total. The number of ether oxygens (including phenoxy) is 2. The molecule has 11 nitrogen and oxygen atoms in total. The minimum absolute atomic E-state index is 0.0715. The van der Waals surface area contributed by atoms with E-state index < -0.39 is 0 Å². The first-order valence-corrected chi connectivity index (χ1v) is 14.7. The largest absolute Gasteiger partial charge is 0.494 e. The van der Waals surface area contributed by atoms with Gasteiger partial charge in [0.2, 0.25) is 5.88 Å². The van der Waals surface area contributed by atoms with Gasteiger partial charge in [-0.05, 0) is 67.9 Å². The molecule has 5 rings (SSSR count). The Hall–Kier alpha value is -4.54. The van der Waals surface area contributed by atoms with Crippen molar-refractivity contribution in [1.29, 1.82) is 0 Å². The van der Waals surface area contributed by atoms with Crippen LogP contribution < -0.4 is 9.47 Å². The highest BCUT2D eigenvalue weighted by atomic mass is 16.5. The Labute approximate surface area is 251 Å². The number of pyridine rings is 1. The summed E-state index contributed by atoms with van der Waals surface area (Å²) in [5.74, 6) is 0.586. The van der Waals surface area contributed by atoms with Gasteiger partial charge in [-0.2, -0.15) is 0 Å². The van der Waals surface area contributed by atoms with Crippen molar-refractivity contribution in [2.45, 2.75) is 32.1 Å². The first-order chi connectivity index (χ1) is 20.9. The van der Waals surface area contributed by atoms with E-state index >= 15 is 0 Å². The average Bonchev–Trinajstić information content (AvgIpc) is 3.05. The Morgan fingerprint density at radius 2 is 1.70 bits per heavy atom. The lowest BCUT2D eigenvalue weighted by atomic mass is 9.74. The smallest absolute Gasteiger partial charge is 0.274 e. The van der Waals surface area contributed by atoms with Crippen LogP contribution >= 0.6 is 0 Å². The van der Waals surface area contributed by atoms with Crippen LogP contribution in [0.2, 0.25) is 0 Å². The Bertz CT molecular complexity index is 1430. The summed E-state index contributed by atoms with van der Waals surface area (Å²) in [5, 5.41) is 0. The van der Waals surface area contributed by atoms with E-state index in [2.05, 4.69) is 15.0 Å². The maximum absolute atomic E-state index is 13.5. The van der Waals surface area contributed by atoms with E-state index in [0.29, 0.717) is 74.2 Å². The van der Waals surface area contributed by atoms with Gasteiger partial charge in [0.05, 0.1) is 19.9 Å². The first-order valence-electron chi connectivity index (χ1n) is 14.7. The number of fused-ring (bicyclic) bond motifs is 2. The van der Waals surface area contributed by atoms with Gasteiger partial charge in [-0.25, -0.2) is 9.97 Å². The van der Waals surface area contributed by atoms with E-state index in [-0.39, 0.29) is 23.1 Å². The summed E-state index contributed by atoms with van der Waals surface area (Å²) >= 11 is 0. The lowest BCUT2D eigenvalue weighted by molar-refractivity contribution is 0.0382. The number of piperidine rings is 1. The molecule has 4 heterocycles. The quantitative estimate of drug-likeness (QED) is 0.457. The summed E-state index contributed by atoms with van der Waals surface area (Å²) in [6, 6.07) is 10.7. The summed E-state index contributed by atoms with van der Waals surface area (Å²) in [6.07, 6.45) is 9.78. The normalized spacial score (nSPS) is 17.9. The summed E-state index contributed by atoms with van der Waals surface area (Å²) < 4.78 is 11.3. The van der Waals surface area contributed by atoms with Gasteiger partial charge in [-0.1, -0.05) is 6.07 Å². The monoisotopic (exact) mass is 586 g/mol. The van der Waals surface area contributed by atoms with Crippen LogP contribution in [0.3, 0.4) is 0 Å². The Balaban J connectivity index is 1.37. The molecular weight excluding hydrogens is 548 g/mol. The maximum atomic E-state index is 13.5. The summed E-state index contributed by atoms with van der Waals surface area (Å²) in [6.45, 7) is 3.09. The number of amides is 3. The molecule has 2 bridgehead atoms. The topological polar surface area (TPSA) is 118 Å². The van der Waals surface area contributed by atoms with Crippen molar-refractivity contribution in [2.24, 2.45) is 5.41 Å². The molecule has 1 spiro atoms. The standard InChI is InChI=1S/C32H38N6O5/c1-36-23-32(11-18-38(19-12-32)30(40)26-9-4-13-35-28(26)42-2)10-5-16-37(31(41)27-22-33-14-15-34-27)17-6-20-43-25-8-3-7-24(21-25)29(36)39/h3-4,7-9,13-15,21-22H,5-6,10-12,16-20,23H2,1-2H3. The van der Waals surface area contributed by atoms with Gasteiger partial charge in [0.15, 0.2) is 0 Å². The Kier molecular flexibility index (Phi) is 9.48. The molecule has 2 aromatic heterocycles. The maximum Gasteiger partial charge on any atom is 0.274 e. The second-order valence-corrected chi connectivity index (χ2v) is 11.2. The van der Waals surface area contributed by atoms with Crippen molar-refractivity contribution >= 4 is 17.7 Å². The molecule has 3 amide bonds. The van der Waals surface area contributed by atoms with Crippen molar-refractivity contribution in [2.75, 3.05) is 53.5 Å². The number of carbonyl (C=O) groups is 3. The lowest BCUT2D eigenvalue weighted by Crippen LogP contribution is -2.48. The molecule has 0 radical (unpaired) electrons. The van der Waals surface area contributed by atoms with Crippen molar-refractivity contribution in [3.05, 3.63) is 78.0 Å². The third-order valence-electron chi connectivity index (χ3n) is 8.35. The van der Waals surface area contributed by atoms with E-state index in [0.717, 1.165) is 25.7 Å². The van der Waals surface area contributed by atoms with Gasteiger partial charge in [0, 0.05) is 63.9 Å². The van der Waals surface area contributed by atoms with Crippen molar-refractivity contribution in [3.63, 3.8) is 0 Å². The first kappa shape index (κ1) is 29.9. The molecule has 0 unspecified atom stereocenters. The molecule has 226 valence electrons. The molecule has 2 aliphatic heterocycles. The number of aromatic nitrogens is 3. The van der Waals surface area contributed by atoms with Crippen molar-refractivity contribution in [3.8, 4) is 11.6 Å². The molecule has 0 aliphatic carbocycles. The molecule has 1 saturated heterocycles. The lowest BCUT2D eigenvalue weighted by Gasteiger charge is -2.44. The predicted octanol–water partition coefficient (Wildman–Crippen LogP) is 3.58. The highest BCUT2D eigenvalue weighted by Crippen LogP contribution is 2.38. The zero-order valence-corrected chi connectivity index (χ0v) is 24.8. The van der Waals surface area contributed by atoms with Crippen molar-refractivity contribution < 1.29 is 23.9 Å². The molecule has 0 atom stereocenters. The molecular formula is C32H38N6O5. The van der Waals surface area contributed by atoms with Gasteiger partial charge in [-0.3, -0.25) is 19.4 Å². The number of hydrogen-bond acceptors (Lipinski definition) is 8. The summed E-state index contributed by atoms with van der Waals surface area (Å²) in [4.78, 5) is 58.2. The number of likely N-dealkylation sites (tertiary alicyclic amines) is 1. The second kappa shape index (κ2) is 13.6. The van der Waals surface area contributed by atoms with Crippen LogP contribution in [0.1, 0.15) is 63.3 Å². The number of hydrogen-bond donors (Lipinski definition) is 0. The summed E-state index contributed by atoms with van der Waals surface area (Å²) in [5.41, 5.74) is 1.10. The molecule has 3 aromatic rings. The SMILES string of the molecule is COc1ncccc1C(=O)N1CCC2(CCCN(C(=O)c3cnccn3)CCCOc3cccc(c3)C(=O)N(C)C2)CC1. The van der Waals surface area contributed by atoms with E-state index in [1.165, 1.54) is 19.5 Å². The minimum atomic E-state index is -0.226. The highest BCUT2D eigenvalue weighted by molar-refractivity contribution is 5.96. The number of benzene rings is 1. The number of nitrogens with zero attached hydrogens (tertiary/aromatic N) is 6. The minimum Gasteiger partial charge on any atom is -0.494 e. The second-order valence-electron chi connectivity index (χ2n) is 11.2. The third kappa shape index (κ3) is 7.10. The third-order valence-corrected chi connectivity index (χ3v) is 8.35. The van der Waals surface area contributed by atoms with Crippen LogP contribution in [0.25, 0.3) is 0 Å². The van der Waals surface area contributed by atoms with Gasteiger partial charge in [0.1, 0.15) is 17.0 Å². The van der Waals surface area contributed by atoms with Crippen LogP contribution in [-0.2, 0) is 0 Å². The van der Waals surface area contributed by atoms with E-state index in [1.807, 2.05) is 29.0 Å². The van der Waals surface area contributed by atoms with Gasteiger partial charge in [0.25, 0.3) is 17.7 Å². The van der Waals surface area contributed by atoms with Crippen LogP contribution in [0, 0.1) is 5.41 Å². The van der Waals surface area contributed by atoms with E-state index in [9.17, 15) is 14.4 Å². The summed E-state index contributed by atoms with van der Waals surface area (Å²) in [7, 11) is 3.34. The van der Waals surface area contributed by atoms with Gasteiger partial charge >= 0.3 is 0 Å². The van der Waals surface area contributed by atoms with Gasteiger partial charge in [-0.15, -0.1) is 0 Å². The number of rotatable bonds is 3. The fourth-order valence-electron chi connectivity index (χ4n) is 6.05. The van der Waals surface area contributed by atoms with E-state index in [4.69, 9.17) is 9.47 Å². The molecule has 2 aliphatic rings. The molecule has 1 fully saturated rings.